The third kappa shape index (κ3) is 3.37. The second-order valence-corrected chi connectivity index (χ2v) is 9.34. The number of hydrogen-bond donors (Lipinski definition) is 0. The average molecular weight is 501 g/mol. The summed E-state index contributed by atoms with van der Waals surface area (Å²) in [6.45, 7) is 4.07. The normalized spacial score (nSPS) is 14.1. The van der Waals surface area contributed by atoms with Gasteiger partial charge in [0.25, 0.3) is 0 Å². The Labute approximate surface area is 219 Å². The fraction of sp³-hybridized carbons (Fsp3) is 0.133. The Hall–Kier alpha value is -4.98. The molecule has 7 rings (SSSR count). The van der Waals surface area contributed by atoms with E-state index in [4.69, 9.17) is 29.6 Å². The molecule has 4 heterocycles. The topological polar surface area (TPSA) is 79.4 Å². The molecular formula is C30H24N6O2. The number of benzene rings is 3. The Balaban J connectivity index is 1.49. The molecule has 1 unspecified atom stereocenters. The van der Waals surface area contributed by atoms with E-state index in [0.717, 1.165) is 44.9 Å². The summed E-state index contributed by atoms with van der Waals surface area (Å²) in [5.41, 5.74) is 7.46. The van der Waals surface area contributed by atoms with Crippen LogP contribution >= 0.6 is 0 Å². The first kappa shape index (κ1) is 22.2. The summed E-state index contributed by atoms with van der Waals surface area (Å²) < 4.78 is 15.5. The predicted octanol–water partition coefficient (Wildman–Crippen LogP) is 5.89. The van der Waals surface area contributed by atoms with Crippen molar-refractivity contribution < 1.29 is 9.47 Å². The molecule has 1 atom stereocenters. The molecule has 0 amide bonds. The fourth-order valence-electron chi connectivity index (χ4n) is 5.19. The van der Waals surface area contributed by atoms with Crippen LogP contribution in [-0.2, 0) is 0 Å². The highest BCUT2D eigenvalue weighted by Crippen LogP contribution is 2.50. The molecule has 3 aromatic heterocycles. The molecule has 0 saturated carbocycles. The minimum absolute atomic E-state index is 0.220. The van der Waals surface area contributed by atoms with Crippen molar-refractivity contribution in [2.75, 3.05) is 7.11 Å². The van der Waals surface area contributed by atoms with Crippen LogP contribution in [0.5, 0.6) is 17.5 Å². The van der Waals surface area contributed by atoms with Crippen molar-refractivity contribution in [2.45, 2.75) is 19.8 Å². The number of rotatable bonds is 4. The molecule has 38 heavy (non-hydrogen) atoms. The van der Waals surface area contributed by atoms with E-state index in [-0.39, 0.29) is 5.92 Å². The first-order chi connectivity index (χ1) is 18.6. The van der Waals surface area contributed by atoms with Crippen molar-refractivity contribution in [1.29, 1.82) is 0 Å². The highest BCUT2D eigenvalue weighted by atomic mass is 16.5. The van der Waals surface area contributed by atoms with Gasteiger partial charge in [-0.15, -0.1) is 5.10 Å². The van der Waals surface area contributed by atoms with Crippen LogP contribution in [-0.4, -0.2) is 36.5 Å². The summed E-state index contributed by atoms with van der Waals surface area (Å²) in [6.07, 6.45) is 1.66. The maximum atomic E-state index is 6.51. The van der Waals surface area contributed by atoms with Crippen LogP contribution in [0.2, 0.25) is 0 Å². The number of nitrogens with zero attached hydrogens (tertiary/aromatic N) is 6. The van der Waals surface area contributed by atoms with Gasteiger partial charge in [-0.25, -0.2) is 19.2 Å². The lowest BCUT2D eigenvalue weighted by Gasteiger charge is -2.26. The number of fused-ring (bicyclic) bond motifs is 4. The summed E-state index contributed by atoms with van der Waals surface area (Å²) in [5.74, 6) is 2.36. The van der Waals surface area contributed by atoms with Gasteiger partial charge >= 0.3 is 0 Å². The highest BCUT2D eigenvalue weighted by molar-refractivity contribution is 5.69. The van der Waals surface area contributed by atoms with E-state index in [1.807, 2.05) is 72.3 Å². The maximum absolute atomic E-state index is 6.51. The molecule has 0 radical (unpaired) electrons. The van der Waals surface area contributed by atoms with Crippen molar-refractivity contribution in [3.05, 3.63) is 113 Å². The average Bonchev–Trinajstić information content (AvgIpc) is 3.54. The fourth-order valence-corrected chi connectivity index (χ4v) is 5.19. The van der Waals surface area contributed by atoms with Gasteiger partial charge in [0, 0.05) is 5.56 Å². The molecule has 0 N–H and O–H groups in total. The standard InChI is InChI=1S/C30H24N6O2/c1-18-9-7-8-12-23(18)27-32-28-26-25(20-13-15-22(37-3)16-14-20)24-19(2)33-36(21-10-5-4-6-11-21)30(24)38-29(26)31-17-35(28)34-27/h4-17,25H,1-3H3. The summed E-state index contributed by atoms with van der Waals surface area (Å²) >= 11 is 0. The van der Waals surface area contributed by atoms with Crippen molar-refractivity contribution >= 4 is 5.65 Å². The highest BCUT2D eigenvalue weighted by Gasteiger charge is 2.38. The number of hydrogen-bond acceptors (Lipinski definition) is 6. The summed E-state index contributed by atoms with van der Waals surface area (Å²) in [5, 5.41) is 9.68. The van der Waals surface area contributed by atoms with Gasteiger partial charge in [-0.05, 0) is 49.2 Å². The first-order valence-electron chi connectivity index (χ1n) is 12.4. The molecule has 0 saturated heterocycles. The van der Waals surface area contributed by atoms with Gasteiger partial charge in [-0.3, -0.25) is 0 Å². The number of methoxy groups -OCH3 is 1. The Morgan fingerprint density at radius 3 is 2.37 bits per heavy atom. The number of aryl methyl sites for hydroxylation is 2. The van der Waals surface area contributed by atoms with Crippen molar-refractivity contribution in [3.63, 3.8) is 0 Å². The largest absolute Gasteiger partial charge is 0.497 e. The van der Waals surface area contributed by atoms with Crippen molar-refractivity contribution in [1.82, 2.24) is 29.4 Å². The molecule has 0 fully saturated rings. The second-order valence-electron chi connectivity index (χ2n) is 9.34. The first-order valence-corrected chi connectivity index (χ1v) is 12.4. The van der Waals surface area contributed by atoms with Gasteiger partial charge < -0.3 is 9.47 Å². The van der Waals surface area contributed by atoms with Gasteiger partial charge in [0.2, 0.25) is 11.8 Å². The van der Waals surface area contributed by atoms with Crippen LogP contribution in [0.25, 0.3) is 22.7 Å². The zero-order valence-electron chi connectivity index (χ0n) is 21.2. The van der Waals surface area contributed by atoms with Crippen LogP contribution in [0.15, 0.2) is 85.2 Å². The Morgan fingerprint density at radius 1 is 0.842 bits per heavy atom. The summed E-state index contributed by atoms with van der Waals surface area (Å²) in [6, 6.07) is 26.2. The van der Waals surface area contributed by atoms with Crippen molar-refractivity contribution in [2.24, 2.45) is 0 Å². The molecular weight excluding hydrogens is 476 g/mol. The third-order valence-electron chi connectivity index (χ3n) is 7.06. The van der Waals surface area contributed by atoms with Crippen LogP contribution < -0.4 is 9.47 Å². The van der Waals surface area contributed by atoms with E-state index in [1.165, 1.54) is 0 Å². The van der Waals surface area contributed by atoms with Crippen LogP contribution in [0.3, 0.4) is 0 Å². The number of para-hydroxylation sites is 1. The lowest BCUT2D eigenvalue weighted by atomic mass is 9.84. The lowest BCUT2D eigenvalue weighted by molar-refractivity contribution is 0.402. The summed E-state index contributed by atoms with van der Waals surface area (Å²) in [7, 11) is 1.67. The molecule has 186 valence electrons. The smallest absolute Gasteiger partial charge is 0.230 e. The SMILES string of the molecule is COc1ccc(C2c3c(C)nn(-c4ccccc4)c3Oc3ncn4nc(-c5ccccc5C)nc4c32)cc1. The lowest BCUT2D eigenvalue weighted by Crippen LogP contribution is -2.16. The van der Waals surface area contributed by atoms with Crippen molar-refractivity contribution in [3.8, 4) is 34.6 Å². The molecule has 0 bridgehead atoms. The third-order valence-corrected chi connectivity index (χ3v) is 7.06. The number of ether oxygens (including phenoxy) is 2. The van der Waals surface area contributed by atoms with Gasteiger partial charge in [0.15, 0.2) is 11.5 Å². The van der Waals surface area contributed by atoms with Gasteiger partial charge in [0.05, 0.1) is 35.5 Å². The Kier molecular flexibility index (Phi) is 5.00. The maximum Gasteiger partial charge on any atom is 0.230 e. The molecule has 8 nitrogen and oxygen atoms in total. The quantitative estimate of drug-likeness (QED) is 0.300. The van der Waals surface area contributed by atoms with E-state index in [9.17, 15) is 0 Å². The van der Waals surface area contributed by atoms with E-state index in [1.54, 1.807) is 18.0 Å². The van der Waals surface area contributed by atoms with E-state index in [0.29, 0.717) is 23.2 Å². The second kappa shape index (κ2) is 8.55. The summed E-state index contributed by atoms with van der Waals surface area (Å²) in [4.78, 5) is 9.72. The van der Waals surface area contributed by atoms with Crippen LogP contribution in [0.1, 0.15) is 33.9 Å². The van der Waals surface area contributed by atoms with Crippen LogP contribution in [0, 0.1) is 13.8 Å². The van der Waals surface area contributed by atoms with E-state index >= 15 is 0 Å². The molecule has 3 aromatic carbocycles. The molecule has 0 aliphatic carbocycles. The molecule has 8 heteroatoms. The predicted molar refractivity (Wildman–Crippen MR) is 143 cm³/mol. The van der Waals surface area contributed by atoms with Gasteiger partial charge in [0.1, 0.15) is 12.1 Å². The van der Waals surface area contributed by atoms with Gasteiger partial charge in [-0.2, -0.15) is 5.10 Å². The minimum Gasteiger partial charge on any atom is -0.497 e. The molecule has 1 aliphatic rings. The Bertz CT molecular complexity index is 1800. The van der Waals surface area contributed by atoms with E-state index in [2.05, 4.69) is 25.1 Å². The monoisotopic (exact) mass is 500 g/mol. The zero-order chi connectivity index (χ0) is 25.8. The van der Waals surface area contributed by atoms with E-state index < -0.39 is 0 Å². The molecule has 0 spiro atoms. The van der Waals surface area contributed by atoms with Gasteiger partial charge in [-0.1, -0.05) is 54.6 Å². The number of aromatic nitrogens is 6. The molecule has 1 aliphatic heterocycles. The van der Waals surface area contributed by atoms with Crippen LogP contribution in [0.4, 0.5) is 0 Å². The zero-order valence-corrected chi connectivity index (χ0v) is 21.2. The molecule has 6 aromatic rings. The Morgan fingerprint density at radius 2 is 1.61 bits per heavy atom. The minimum atomic E-state index is -0.220.